The monoisotopic (exact) mass is 344 g/mol. The second-order valence-electron chi connectivity index (χ2n) is 4.35. The summed E-state index contributed by atoms with van der Waals surface area (Å²) in [6, 6.07) is 5.32. The maximum Gasteiger partial charge on any atom is 0.237 e. The van der Waals surface area contributed by atoms with Gasteiger partial charge in [0, 0.05) is 11.8 Å². The number of benzene rings is 1. The van der Waals surface area contributed by atoms with Crippen molar-refractivity contribution in [2.75, 3.05) is 12.4 Å². The van der Waals surface area contributed by atoms with Crippen LogP contribution in [0.5, 0.6) is 5.75 Å². The van der Waals surface area contributed by atoms with Gasteiger partial charge in [-0.1, -0.05) is 19.1 Å². The number of anilines is 1. The molecule has 1 aromatic carbocycles. The van der Waals surface area contributed by atoms with Gasteiger partial charge in [0.25, 0.3) is 0 Å². The molecule has 0 spiro atoms. The van der Waals surface area contributed by atoms with Crippen LogP contribution in [0, 0.1) is 5.41 Å². The second kappa shape index (κ2) is 6.34. The van der Waals surface area contributed by atoms with Crippen molar-refractivity contribution in [1.82, 2.24) is 0 Å². The maximum atomic E-state index is 12.3. The van der Waals surface area contributed by atoms with Crippen LogP contribution in [0.4, 0.5) is 5.69 Å². The largest absolute Gasteiger partial charge is 0.495 e. The molecular formula is C13H17BrN2O2S. The highest BCUT2D eigenvalue weighted by Crippen LogP contribution is 2.29. The van der Waals surface area contributed by atoms with Crippen LogP contribution in [-0.4, -0.2) is 18.0 Å². The minimum atomic E-state index is -0.852. The van der Waals surface area contributed by atoms with E-state index < -0.39 is 5.41 Å². The quantitative estimate of drug-likeness (QED) is 0.805. The number of carbonyl (C=O) groups excluding carboxylic acids is 1. The first-order valence-electron chi connectivity index (χ1n) is 5.80. The Labute approximate surface area is 126 Å². The van der Waals surface area contributed by atoms with Crippen LogP contribution in [0.3, 0.4) is 0 Å². The number of amides is 1. The van der Waals surface area contributed by atoms with Gasteiger partial charge in [0.2, 0.25) is 5.91 Å². The maximum absolute atomic E-state index is 12.3. The van der Waals surface area contributed by atoms with Gasteiger partial charge in [0.1, 0.15) is 5.75 Å². The minimum Gasteiger partial charge on any atom is -0.495 e. The molecule has 1 unspecified atom stereocenters. The Kier molecular flexibility index (Phi) is 5.31. The van der Waals surface area contributed by atoms with Crippen LogP contribution >= 0.6 is 28.1 Å². The molecule has 0 saturated heterocycles. The van der Waals surface area contributed by atoms with E-state index in [1.54, 1.807) is 32.2 Å². The normalized spacial score (nSPS) is 13.5. The number of nitrogens with two attached hydrogens (primary N) is 1. The zero-order valence-corrected chi connectivity index (χ0v) is 13.5. The summed E-state index contributed by atoms with van der Waals surface area (Å²) < 4.78 is 6.00. The molecule has 0 heterocycles. The Morgan fingerprint density at radius 1 is 1.58 bits per heavy atom. The number of thiocarbonyl (C=S) groups is 1. The number of methoxy groups -OCH3 is 1. The van der Waals surface area contributed by atoms with E-state index in [4.69, 9.17) is 22.7 Å². The number of nitrogens with one attached hydrogen (secondary N) is 1. The minimum absolute atomic E-state index is 0.191. The first-order chi connectivity index (χ1) is 8.85. The van der Waals surface area contributed by atoms with Gasteiger partial charge in [0.15, 0.2) is 0 Å². The number of hydrogen-bond acceptors (Lipinski definition) is 3. The third kappa shape index (κ3) is 3.45. The third-order valence-electron chi connectivity index (χ3n) is 3.16. The molecule has 0 aromatic heterocycles. The molecule has 0 saturated carbocycles. The molecule has 1 atom stereocenters. The van der Waals surface area contributed by atoms with E-state index in [1.165, 1.54) is 0 Å². The molecule has 1 amide bonds. The molecule has 104 valence electrons. The van der Waals surface area contributed by atoms with Gasteiger partial charge in [-0.3, -0.25) is 4.79 Å². The highest BCUT2D eigenvalue weighted by atomic mass is 79.9. The van der Waals surface area contributed by atoms with Crippen LogP contribution in [-0.2, 0) is 4.79 Å². The zero-order valence-electron chi connectivity index (χ0n) is 11.1. The molecule has 0 aliphatic carbocycles. The fourth-order valence-corrected chi connectivity index (χ4v) is 2.10. The van der Waals surface area contributed by atoms with Crippen LogP contribution in [0.15, 0.2) is 22.7 Å². The first kappa shape index (κ1) is 15.9. The van der Waals surface area contributed by atoms with E-state index in [9.17, 15) is 4.79 Å². The fraction of sp³-hybridized carbons (Fsp3) is 0.385. The smallest absolute Gasteiger partial charge is 0.237 e. The summed E-state index contributed by atoms with van der Waals surface area (Å²) in [6.45, 7) is 3.61. The highest BCUT2D eigenvalue weighted by Gasteiger charge is 2.34. The lowest BCUT2D eigenvalue weighted by molar-refractivity contribution is -0.121. The molecule has 6 heteroatoms. The van der Waals surface area contributed by atoms with Gasteiger partial charge in [-0.15, -0.1) is 0 Å². The molecule has 0 bridgehead atoms. The Morgan fingerprint density at radius 3 is 2.68 bits per heavy atom. The summed E-state index contributed by atoms with van der Waals surface area (Å²) in [4.78, 5) is 12.5. The van der Waals surface area contributed by atoms with E-state index in [2.05, 4.69) is 21.2 Å². The van der Waals surface area contributed by atoms with Crippen LogP contribution < -0.4 is 15.8 Å². The van der Waals surface area contributed by atoms with E-state index >= 15 is 0 Å². The lowest BCUT2D eigenvalue weighted by atomic mass is 9.86. The lowest BCUT2D eigenvalue weighted by Gasteiger charge is -2.25. The van der Waals surface area contributed by atoms with Crippen LogP contribution in [0.25, 0.3) is 0 Å². The summed E-state index contributed by atoms with van der Waals surface area (Å²) in [7, 11) is 1.57. The Bertz CT molecular complexity index is 507. The van der Waals surface area contributed by atoms with E-state index in [0.29, 0.717) is 17.9 Å². The summed E-state index contributed by atoms with van der Waals surface area (Å²) >= 11 is 8.33. The third-order valence-corrected chi connectivity index (χ3v) is 4.27. The zero-order chi connectivity index (χ0) is 14.6. The van der Waals surface area contributed by atoms with Gasteiger partial charge in [-0.05, 0) is 41.4 Å². The Morgan fingerprint density at radius 2 is 2.21 bits per heavy atom. The van der Waals surface area contributed by atoms with Gasteiger partial charge in [0.05, 0.1) is 22.0 Å². The Balaban J connectivity index is 2.96. The molecule has 4 nitrogen and oxygen atoms in total. The van der Waals surface area contributed by atoms with Crippen molar-refractivity contribution in [3.63, 3.8) is 0 Å². The lowest BCUT2D eigenvalue weighted by Crippen LogP contribution is -2.43. The average Bonchev–Trinajstić information content (AvgIpc) is 2.39. The van der Waals surface area contributed by atoms with Gasteiger partial charge >= 0.3 is 0 Å². The molecule has 1 aromatic rings. The molecule has 0 fully saturated rings. The average molecular weight is 345 g/mol. The number of ether oxygens (including phenoxy) is 1. The second-order valence-corrected chi connectivity index (χ2v) is 5.65. The SMILES string of the molecule is CCC(C)(C(=O)Nc1ccc(Br)c(OC)c1)C(N)=S. The van der Waals surface area contributed by atoms with E-state index in [-0.39, 0.29) is 10.9 Å². The molecule has 0 aliphatic heterocycles. The summed E-state index contributed by atoms with van der Waals surface area (Å²) in [5, 5.41) is 2.81. The van der Waals surface area contributed by atoms with Crippen molar-refractivity contribution < 1.29 is 9.53 Å². The molecule has 0 aliphatic rings. The van der Waals surface area contributed by atoms with Gasteiger partial charge in [-0.25, -0.2) is 0 Å². The van der Waals surface area contributed by atoms with E-state index in [1.807, 2.05) is 6.92 Å². The molecular weight excluding hydrogens is 328 g/mol. The van der Waals surface area contributed by atoms with Crippen molar-refractivity contribution in [2.45, 2.75) is 20.3 Å². The molecule has 0 radical (unpaired) electrons. The number of rotatable bonds is 5. The summed E-state index contributed by atoms with van der Waals surface area (Å²) in [6.07, 6.45) is 0.543. The van der Waals surface area contributed by atoms with E-state index in [0.717, 1.165) is 4.47 Å². The van der Waals surface area contributed by atoms with Crippen molar-refractivity contribution >= 4 is 44.7 Å². The first-order valence-corrected chi connectivity index (χ1v) is 7.00. The van der Waals surface area contributed by atoms with Gasteiger partial charge in [-0.2, -0.15) is 0 Å². The van der Waals surface area contributed by atoms with Crippen molar-refractivity contribution in [2.24, 2.45) is 11.1 Å². The standard InChI is InChI=1S/C13H17BrN2O2S/c1-4-13(2,11(15)19)12(17)16-8-5-6-9(14)10(7-8)18-3/h5-7H,4H2,1-3H3,(H2,15,19)(H,16,17). The predicted molar refractivity (Wildman–Crippen MR) is 84.5 cm³/mol. The van der Waals surface area contributed by atoms with Gasteiger partial charge < -0.3 is 15.8 Å². The highest BCUT2D eigenvalue weighted by molar-refractivity contribution is 9.10. The molecule has 3 N–H and O–H groups in total. The number of carbonyl (C=O) groups is 1. The van der Waals surface area contributed by atoms with Crippen molar-refractivity contribution in [1.29, 1.82) is 0 Å². The molecule has 19 heavy (non-hydrogen) atoms. The number of hydrogen-bond donors (Lipinski definition) is 2. The summed E-state index contributed by atoms with van der Waals surface area (Å²) in [5.74, 6) is 0.429. The van der Waals surface area contributed by atoms with Crippen molar-refractivity contribution in [3.8, 4) is 5.75 Å². The fourth-order valence-electron chi connectivity index (χ4n) is 1.45. The number of halogens is 1. The summed E-state index contributed by atoms with van der Waals surface area (Å²) in [5.41, 5.74) is 5.44. The predicted octanol–water partition coefficient (Wildman–Crippen LogP) is 3.10. The topological polar surface area (TPSA) is 64.3 Å². The Hall–Kier alpha value is -1.14. The van der Waals surface area contributed by atoms with Crippen LogP contribution in [0.1, 0.15) is 20.3 Å². The van der Waals surface area contributed by atoms with Crippen molar-refractivity contribution in [3.05, 3.63) is 22.7 Å². The molecule has 1 rings (SSSR count). The van der Waals surface area contributed by atoms with Crippen LogP contribution in [0.2, 0.25) is 0 Å².